The minimum absolute atomic E-state index is 0.305. The monoisotopic (exact) mass is 293 g/mol. The number of rotatable bonds is 0. The van der Waals surface area contributed by atoms with E-state index in [1.807, 2.05) is 5.01 Å². The van der Waals surface area contributed by atoms with Gasteiger partial charge in [-0.05, 0) is 48.3 Å². The first-order chi connectivity index (χ1) is 6.29. The summed E-state index contributed by atoms with van der Waals surface area (Å²) in [6.07, 6.45) is 9.40. The minimum atomic E-state index is 0.305. The maximum Gasteiger partial charge on any atom is 0.126 e. The Kier molecular flexibility index (Phi) is 3.23. The van der Waals surface area contributed by atoms with Crippen LogP contribution in [-0.2, 0) is 0 Å². The summed E-state index contributed by atoms with van der Waals surface area (Å²) in [5.74, 6) is 5.98. The Morgan fingerprint density at radius 3 is 3.15 bits per heavy atom. The highest BCUT2D eigenvalue weighted by molar-refractivity contribution is 14.1. The number of halogens is 1. The average Bonchev–Trinajstić information content (AvgIpc) is 2.31. The molecule has 0 spiro atoms. The predicted octanol–water partition coefficient (Wildman–Crippen LogP) is 1.35. The zero-order valence-electron chi connectivity index (χ0n) is 7.62. The fourth-order valence-electron chi connectivity index (χ4n) is 2.12. The van der Waals surface area contributed by atoms with Gasteiger partial charge in [-0.3, -0.25) is 11.2 Å². The second kappa shape index (κ2) is 4.25. The molecule has 2 aliphatic rings. The smallest absolute Gasteiger partial charge is 0.126 e. The second-order valence-corrected chi connectivity index (χ2v) is 4.94. The van der Waals surface area contributed by atoms with Gasteiger partial charge in [0.2, 0.25) is 0 Å². The van der Waals surface area contributed by atoms with E-state index >= 15 is 0 Å². The summed E-state index contributed by atoms with van der Waals surface area (Å²) < 4.78 is 0.305. The first kappa shape index (κ1) is 9.89. The number of nitrogens with two attached hydrogens (primary N) is 1. The summed E-state index contributed by atoms with van der Waals surface area (Å²) >= 11 is 2.35. The van der Waals surface area contributed by atoms with Gasteiger partial charge < -0.3 is 0 Å². The van der Waals surface area contributed by atoms with Crippen LogP contribution in [0.1, 0.15) is 25.7 Å². The molecule has 3 atom stereocenters. The standard InChI is InChI=1S/C9H16IN3/c10-9-12-7-5-3-1-2-4-6-8(7)13(9)11/h2,4,7-9,12H,1,3,5-6,11H2/b4-2-/t7?,8?,9-/m0/s1. The molecule has 1 fully saturated rings. The molecule has 13 heavy (non-hydrogen) atoms. The van der Waals surface area contributed by atoms with Gasteiger partial charge in [0.15, 0.2) is 0 Å². The molecule has 74 valence electrons. The van der Waals surface area contributed by atoms with Crippen molar-refractivity contribution in [2.24, 2.45) is 5.84 Å². The van der Waals surface area contributed by atoms with E-state index in [-0.39, 0.29) is 0 Å². The van der Waals surface area contributed by atoms with Gasteiger partial charge in [0.05, 0.1) is 0 Å². The van der Waals surface area contributed by atoms with Crippen LogP contribution in [0.5, 0.6) is 0 Å². The number of allylic oxidation sites excluding steroid dienone is 1. The molecule has 4 heteroatoms. The van der Waals surface area contributed by atoms with E-state index < -0.39 is 0 Å². The number of nitrogens with one attached hydrogen (secondary N) is 1. The summed E-state index contributed by atoms with van der Waals surface area (Å²) in [5, 5.41) is 5.49. The van der Waals surface area contributed by atoms with Gasteiger partial charge in [-0.1, -0.05) is 12.2 Å². The van der Waals surface area contributed by atoms with E-state index in [1.165, 1.54) is 19.3 Å². The minimum Gasteiger partial charge on any atom is -0.288 e. The number of alkyl halides is 1. The Morgan fingerprint density at radius 2 is 2.31 bits per heavy atom. The maximum absolute atomic E-state index is 5.98. The van der Waals surface area contributed by atoms with Crippen molar-refractivity contribution < 1.29 is 0 Å². The molecule has 1 saturated heterocycles. The van der Waals surface area contributed by atoms with Crippen molar-refractivity contribution in [2.75, 3.05) is 0 Å². The van der Waals surface area contributed by atoms with Gasteiger partial charge in [0, 0.05) is 12.1 Å². The van der Waals surface area contributed by atoms with Gasteiger partial charge in [-0.25, -0.2) is 5.01 Å². The Labute approximate surface area is 92.8 Å². The highest BCUT2D eigenvalue weighted by Gasteiger charge is 2.36. The molecule has 0 amide bonds. The molecular weight excluding hydrogens is 277 g/mol. The normalized spacial score (nSPS) is 43.7. The molecule has 2 unspecified atom stereocenters. The van der Waals surface area contributed by atoms with Gasteiger partial charge in [-0.15, -0.1) is 0 Å². The quantitative estimate of drug-likeness (QED) is 0.233. The van der Waals surface area contributed by atoms with Crippen LogP contribution in [0.25, 0.3) is 0 Å². The zero-order valence-corrected chi connectivity index (χ0v) is 9.78. The van der Waals surface area contributed by atoms with Crippen molar-refractivity contribution in [3.05, 3.63) is 12.2 Å². The third-order valence-electron chi connectivity index (χ3n) is 2.89. The number of hydrogen-bond donors (Lipinski definition) is 2. The van der Waals surface area contributed by atoms with Crippen molar-refractivity contribution >= 4 is 22.6 Å². The van der Waals surface area contributed by atoms with Gasteiger partial charge in [0.25, 0.3) is 0 Å². The van der Waals surface area contributed by atoms with Crippen LogP contribution in [0, 0.1) is 0 Å². The molecule has 1 aliphatic heterocycles. The van der Waals surface area contributed by atoms with Crippen LogP contribution in [0.4, 0.5) is 0 Å². The van der Waals surface area contributed by atoms with E-state index in [0.29, 0.717) is 16.3 Å². The van der Waals surface area contributed by atoms with Crippen molar-refractivity contribution in [1.82, 2.24) is 10.3 Å². The van der Waals surface area contributed by atoms with Gasteiger partial charge >= 0.3 is 0 Å². The molecule has 0 radical (unpaired) electrons. The predicted molar refractivity (Wildman–Crippen MR) is 62.2 cm³/mol. The molecule has 3 N–H and O–H groups in total. The van der Waals surface area contributed by atoms with E-state index in [0.717, 1.165) is 6.42 Å². The molecule has 1 aliphatic carbocycles. The van der Waals surface area contributed by atoms with Crippen molar-refractivity contribution in [3.63, 3.8) is 0 Å². The lowest BCUT2D eigenvalue weighted by atomic mass is 9.97. The summed E-state index contributed by atoms with van der Waals surface area (Å²) in [4.78, 5) is 0. The number of nitrogens with zero attached hydrogens (tertiary/aromatic N) is 1. The molecule has 0 saturated carbocycles. The molecule has 1 heterocycles. The third-order valence-corrected chi connectivity index (χ3v) is 3.89. The maximum atomic E-state index is 5.98. The first-order valence-electron chi connectivity index (χ1n) is 4.87. The Morgan fingerprint density at radius 1 is 1.46 bits per heavy atom. The largest absolute Gasteiger partial charge is 0.288 e. The number of hydrazine groups is 1. The van der Waals surface area contributed by atoms with E-state index in [2.05, 4.69) is 40.1 Å². The Hall–Kier alpha value is 0.350. The molecule has 0 aromatic heterocycles. The SMILES string of the molecule is NN1C2C/C=C\CCCC2N[C@@H]1I. The topological polar surface area (TPSA) is 41.3 Å². The summed E-state index contributed by atoms with van der Waals surface area (Å²) in [6.45, 7) is 0. The van der Waals surface area contributed by atoms with Crippen LogP contribution in [0.2, 0.25) is 0 Å². The van der Waals surface area contributed by atoms with Crippen LogP contribution >= 0.6 is 22.6 Å². The summed E-state index contributed by atoms with van der Waals surface area (Å²) in [5.41, 5.74) is 0. The molecule has 2 rings (SSSR count). The highest BCUT2D eigenvalue weighted by atomic mass is 127. The van der Waals surface area contributed by atoms with Gasteiger partial charge in [-0.2, -0.15) is 0 Å². The van der Waals surface area contributed by atoms with E-state index in [9.17, 15) is 0 Å². The van der Waals surface area contributed by atoms with Crippen LogP contribution < -0.4 is 11.2 Å². The third kappa shape index (κ3) is 2.06. The fraction of sp³-hybridized carbons (Fsp3) is 0.778. The average molecular weight is 293 g/mol. The number of fused-ring (bicyclic) bond motifs is 1. The molecule has 0 aromatic carbocycles. The van der Waals surface area contributed by atoms with Crippen molar-refractivity contribution in [2.45, 2.75) is 41.9 Å². The lowest BCUT2D eigenvalue weighted by Gasteiger charge is -2.23. The lowest BCUT2D eigenvalue weighted by molar-refractivity contribution is 0.239. The van der Waals surface area contributed by atoms with Crippen molar-refractivity contribution in [3.8, 4) is 0 Å². The molecule has 0 bridgehead atoms. The number of hydrogen-bond acceptors (Lipinski definition) is 3. The van der Waals surface area contributed by atoms with Crippen molar-refractivity contribution in [1.29, 1.82) is 0 Å². The Bertz CT molecular complexity index is 207. The molecule has 3 nitrogen and oxygen atoms in total. The summed E-state index contributed by atoms with van der Waals surface area (Å²) in [6, 6.07) is 1.09. The second-order valence-electron chi connectivity index (χ2n) is 3.76. The Balaban J connectivity index is 2.07. The summed E-state index contributed by atoms with van der Waals surface area (Å²) in [7, 11) is 0. The molecule has 0 aromatic rings. The van der Waals surface area contributed by atoms with Crippen LogP contribution in [-0.4, -0.2) is 21.3 Å². The zero-order chi connectivity index (χ0) is 9.26. The van der Waals surface area contributed by atoms with E-state index in [1.54, 1.807) is 0 Å². The van der Waals surface area contributed by atoms with E-state index in [4.69, 9.17) is 5.84 Å². The van der Waals surface area contributed by atoms with Crippen LogP contribution in [0.15, 0.2) is 12.2 Å². The first-order valence-corrected chi connectivity index (χ1v) is 6.12. The fourth-order valence-corrected chi connectivity index (χ4v) is 3.00. The van der Waals surface area contributed by atoms with Gasteiger partial charge in [0.1, 0.15) is 4.17 Å². The highest BCUT2D eigenvalue weighted by Crippen LogP contribution is 2.25. The molecular formula is C9H16IN3. The van der Waals surface area contributed by atoms with Crippen LogP contribution in [0.3, 0.4) is 0 Å². The lowest BCUT2D eigenvalue weighted by Crippen LogP contribution is -2.42.